The van der Waals surface area contributed by atoms with Crippen LogP contribution in [-0.2, 0) is 14.3 Å². The lowest BCUT2D eigenvalue weighted by Gasteiger charge is -2.13. The summed E-state index contributed by atoms with van der Waals surface area (Å²) in [6, 6.07) is 10.5. The van der Waals surface area contributed by atoms with E-state index < -0.39 is 18.5 Å². The number of esters is 1. The lowest BCUT2D eigenvalue weighted by atomic mass is 10.2. The lowest BCUT2D eigenvalue weighted by molar-refractivity contribution is -0.142. The van der Waals surface area contributed by atoms with E-state index in [1.54, 1.807) is 43.5 Å². The van der Waals surface area contributed by atoms with Crippen LogP contribution in [0.25, 0.3) is 6.08 Å². The van der Waals surface area contributed by atoms with Crippen molar-refractivity contribution in [3.63, 3.8) is 0 Å². The van der Waals surface area contributed by atoms with Crippen molar-refractivity contribution in [1.29, 1.82) is 0 Å². The van der Waals surface area contributed by atoms with Gasteiger partial charge in [0.2, 0.25) is 0 Å². The zero-order chi connectivity index (χ0) is 21.4. The van der Waals surface area contributed by atoms with E-state index >= 15 is 0 Å². The molecule has 0 bridgehead atoms. The number of methoxy groups -OCH3 is 1. The SMILES string of the molecule is COc1cc(/C=C/C(=O)OCC(=O)Nc2ccc(C)cc2Cl)ccc1OC(C)C. The molecule has 2 aromatic carbocycles. The molecule has 6 nitrogen and oxygen atoms in total. The number of carbonyl (C=O) groups is 2. The molecule has 0 unspecified atom stereocenters. The third-order valence-electron chi connectivity index (χ3n) is 3.71. The molecule has 0 atom stereocenters. The Kier molecular flexibility index (Phi) is 8.09. The summed E-state index contributed by atoms with van der Waals surface area (Å²) >= 11 is 6.06. The van der Waals surface area contributed by atoms with Gasteiger partial charge in [-0.2, -0.15) is 0 Å². The van der Waals surface area contributed by atoms with Gasteiger partial charge in [-0.3, -0.25) is 4.79 Å². The van der Waals surface area contributed by atoms with Crippen molar-refractivity contribution in [2.45, 2.75) is 26.9 Å². The Balaban J connectivity index is 1.89. The Hall–Kier alpha value is -2.99. The fourth-order valence-corrected chi connectivity index (χ4v) is 2.68. The third kappa shape index (κ3) is 7.16. The van der Waals surface area contributed by atoms with Crippen LogP contribution in [0.4, 0.5) is 5.69 Å². The number of nitrogens with one attached hydrogen (secondary N) is 1. The predicted molar refractivity (Wildman–Crippen MR) is 114 cm³/mol. The van der Waals surface area contributed by atoms with Crippen LogP contribution in [-0.4, -0.2) is 31.7 Å². The number of ether oxygens (including phenoxy) is 3. The number of aryl methyl sites for hydroxylation is 1. The summed E-state index contributed by atoms with van der Waals surface area (Å²) in [4.78, 5) is 23.8. The Morgan fingerprint density at radius 3 is 2.55 bits per heavy atom. The Bertz CT molecular complexity index is 908. The maximum atomic E-state index is 11.9. The predicted octanol–water partition coefficient (Wildman–Crippen LogP) is 4.64. The Morgan fingerprint density at radius 2 is 1.90 bits per heavy atom. The minimum absolute atomic E-state index is 0.0150. The van der Waals surface area contributed by atoms with Crippen molar-refractivity contribution in [2.24, 2.45) is 0 Å². The molecule has 2 aromatic rings. The number of hydrogen-bond acceptors (Lipinski definition) is 5. The van der Waals surface area contributed by atoms with E-state index in [1.165, 1.54) is 6.08 Å². The highest BCUT2D eigenvalue weighted by molar-refractivity contribution is 6.33. The molecule has 154 valence electrons. The smallest absolute Gasteiger partial charge is 0.331 e. The average molecular weight is 418 g/mol. The average Bonchev–Trinajstić information content (AvgIpc) is 2.67. The van der Waals surface area contributed by atoms with E-state index in [4.69, 9.17) is 25.8 Å². The van der Waals surface area contributed by atoms with E-state index in [9.17, 15) is 9.59 Å². The number of halogens is 1. The minimum atomic E-state index is -0.642. The first-order valence-corrected chi connectivity index (χ1v) is 9.42. The van der Waals surface area contributed by atoms with Crippen LogP contribution in [0.1, 0.15) is 25.0 Å². The summed E-state index contributed by atoms with van der Waals surface area (Å²) < 4.78 is 15.9. The van der Waals surface area contributed by atoms with Gasteiger partial charge in [-0.05, 0) is 62.2 Å². The first-order valence-electron chi connectivity index (χ1n) is 9.04. The highest BCUT2D eigenvalue weighted by Crippen LogP contribution is 2.29. The standard InChI is InChI=1S/C22H24ClNO5/c1-14(2)29-19-9-6-16(12-20(19)27-4)7-10-22(26)28-13-21(25)24-18-8-5-15(3)11-17(18)23/h5-12,14H,13H2,1-4H3,(H,24,25)/b10-7+. The van der Waals surface area contributed by atoms with E-state index in [-0.39, 0.29) is 6.10 Å². The van der Waals surface area contributed by atoms with Crippen molar-refractivity contribution in [1.82, 2.24) is 0 Å². The van der Waals surface area contributed by atoms with Gasteiger partial charge >= 0.3 is 5.97 Å². The van der Waals surface area contributed by atoms with Crippen molar-refractivity contribution in [2.75, 3.05) is 19.0 Å². The van der Waals surface area contributed by atoms with E-state index in [0.29, 0.717) is 22.2 Å². The maximum absolute atomic E-state index is 11.9. The van der Waals surface area contributed by atoms with Gasteiger partial charge < -0.3 is 19.5 Å². The van der Waals surface area contributed by atoms with Gasteiger partial charge in [-0.15, -0.1) is 0 Å². The third-order valence-corrected chi connectivity index (χ3v) is 4.02. The molecule has 29 heavy (non-hydrogen) atoms. The first kappa shape index (κ1) is 22.3. The first-order chi connectivity index (χ1) is 13.8. The van der Waals surface area contributed by atoms with Gasteiger partial charge in [-0.1, -0.05) is 23.7 Å². The Labute approximate surface area is 175 Å². The summed E-state index contributed by atoms with van der Waals surface area (Å²) in [6.45, 7) is 5.32. The van der Waals surface area contributed by atoms with Crippen molar-refractivity contribution >= 4 is 35.2 Å². The number of rotatable bonds is 8. The zero-order valence-electron chi connectivity index (χ0n) is 16.8. The Morgan fingerprint density at radius 1 is 1.14 bits per heavy atom. The molecule has 0 saturated heterocycles. The molecule has 2 rings (SSSR count). The minimum Gasteiger partial charge on any atom is -0.493 e. The second kappa shape index (κ2) is 10.5. The molecule has 0 aromatic heterocycles. The van der Waals surface area contributed by atoms with Crippen molar-refractivity contribution in [3.8, 4) is 11.5 Å². The zero-order valence-corrected chi connectivity index (χ0v) is 17.6. The molecule has 0 saturated carbocycles. The van der Waals surface area contributed by atoms with Crippen LogP contribution in [0.3, 0.4) is 0 Å². The maximum Gasteiger partial charge on any atom is 0.331 e. The van der Waals surface area contributed by atoms with Crippen LogP contribution >= 0.6 is 11.6 Å². The molecule has 0 radical (unpaired) electrons. The summed E-state index contributed by atoms with van der Waals surface area (Å²) in [5.41, 5.74) is 2.17. The van der Waals surface area contributed by atoms with Crippen LogP contribution in [0.5, 0.6) is 11.5 Å². The molecular formula is C22H24ClNO5. The van der Waals surface area contributed by atoms with Gasteiger partial charge in [0.05, 0.1) is 23.9 Å². The number of anilines is 1. The van der Waals surface area contributed by atoms with Crippen LogP contribution in [0, 0.1) is 6.92 Å². The van der Waals surface area contributed by atoms with Crippen LogP contribution in [0.2, 0.25) is 5.02 Å². The number of amides is 1. The summed E-state index contributed by atoms with van der Waals surface area (Å²) in [7, 11) is 1.54. The van der Waals surface area contributed by atoms with Gasteiger partial charge in [0.15, 0.2) is 18.1 Å². The van der Waals surface area contributed by atoms with Gasteiger partial charge in [-0.25, -0.2) is 4.79 Å². The molecule has 0 aliphatic heterocycles. The van der Waals surface area contributed by atoms with Crippen LogP contribution in [0.15, 0.2) is 42.5 Å². The molecule has 0 aliphatic rings. The number of carbonyl (C=O) groups excluding carboxylic acids is 2. The summed E-state index contributed by atoms with van der Waals surface area (Å²) in [5, 5.41) is 3.02. The van der Waals surface area contributed by atoms with E-state index in [0.717, 1.165) is 11.1 Å². The number of hydrogen-bond donors (Lipinski definition) is 1. The van der Waals surface area contributed by atoms with Crippen molar-refractivity contribution < 1.29 is 23.8 Å². The lowest BCUT2D eigenvalue weighted by Crippen LogP contribution is -2.20. The molecule has 7 heteroatoms. The molecule has 0 aliphatic carbocycles. The molecular weight excluding hydrogens is 394 g/mol. The highest BCUT2D eigenvalue weighted by atomic mass is 35.5. The second-order valence-corrected chi connectivity index (χ2v) is 6.96. The second-order valence-electron chi connectivity index (χ2n) is 6.55. The fourth-order valence-electron chi connectivity index (χ4n) is 2.40. The molecule has 0 heterocycles. The van der Waals surface area contributed by atoms with Gasteiger partial charge in [0, 0.05) is 6.08 Å². The van der Waals surface area contributed by atoms with Gasteiger partial charge in [0.25, 0.3) is 5.91 Å². The number of benzene rings is 2. The molecule has 1 amide bonds. The monoisotopic (exact) mass is 417 g/mol. The summed E-state index contributed by atoms with van der Waals surface area (Å²) in [5.74, 6) is 0.0585. The van der Waals surface area contributed by atoms with Crippen LogP contribution < -0.4 is 14.8 Å². The normalized spacial score (nSPS) is 10.8. The molecule has 0 fully saturated rings. The largest absolute Gasteiger partial charge is 0.493 e. The van der Waals surface area contributed by atoms with E-state index in [1.807, 2.05) is 26.8 Å². The van der Waals surface area contributed by atoms with Crippen molar-refractivity contribution in [3.05, 3.63) is 58.6 Å². The van der Waals surface area contributed by atoms with E-state index in [2.05, 4.69) is 5.32 Å². The molecule has 0 spiro atoms. The molecule has 1 N–H and O–H groups in total. The topological polar surface area (TPSA) is 73.9 Å². The highest BCUT2D eigenvalue weighted by Gasteiger charge is 2.09. The fraction of sp³-hybridized carbons (Fsp3) is 0.273. The van der Waals surface area contributed by atoms with Gasteiger partial charge in [0.1, 0.15) is 0 Å². The summed E-state index contributed by atoms with van der Waals surface area (Å²) in [6.07, 6.45) is 2.82. The quantitative estimate of drug-likeness (QED) is 0.500.